The van der Waals surface area contributed by atoms with Crippen LogP contribution in [-0.2, 0) is 6.54 Å². The lowest BCUT2D eigenvalue weighted by Crippen LogP contribution is -3.13. The molecule has 21 heavy (non-hydrogen) atoms. The molecule has 1 aliphatic rings. The molecule has 1 aromatic heterocycles. The first-order chi connectivity index (χ1) is 10.4. The summed E-state index contributed by atoms with van der Waals surface area (Å²) in [6, 6.07) is 14.7. The Balaban J connectivity index is 1.48. The maximum absolute atomic E-state index is 4.56. The molecule has 3 rings (SSSR count). The summed E-state index contributed by atoms with van der Waals surface area (Å²) in [5.74, 6) is 0. The van der Waals surface area contributed by atoms with Crippen LogP contribution in [0.5, 0.6) is 0 Å². The Bertz CT molecular complexity index is 560. The number of nitrogens with one attached hydrogen (secondary N) is 1. The van der Waals surface area contributed by atoms with Crippen molar-refractivity contribution in [2.24, 2.45) is 5.10 Å². The summed E-state index contributed by atoms with van der Waals surface area (Å²) in [5.41, 5.74) is 2.52. The van der Waals surface area contributed by atoms with Crippen molar-refractivity contribution in [3.8, 4) is 0 Å². The molecule has 0 spiro atoms. The Hall–Kier alpha value is -2.20. The molecule has 1 N–H and O–H groups in total. The molecule has 2 aromatic rings. The molecule has 0 aliphatic carbocycles. The van der Waals surface area contributed by atoms with Crippen molar-refractivity contribution in [1.82, 2.24) is 9.99 Å². The summed E-state index contributed by atoms with van der Waals surface area (Å²) in [4.78, 5) is 5.65. The summed E-state index contributed by atoms with van der Waals surface area (Å²) >= 11 is 0. The van der Waals surface area contributed by atoms with Gasteiger partial charge in [0.05, 0.1) is 32.4 Å². The van der Waals surface area contributed by atoms with Gasteiger partial charge in [0, 0.05) is 18.0 Å². The van der Waals surface area contributed by atoms with Crippen LogP contribution in [0.2, 0.25) is 0 Å². The van der Waals surface area contributed by atoms with E-state index in [1.165, 1.54) is 5.56 Å². The average molecular weight is 281 g/mol. The summed E-state index contributed by atoms with van der Waals surface area (Å²) in [5, 5.41) is 6.72. The van der Waals surface area contributed by atoms with Gasteiger partial charge in [0.1, 0.15) is 6.54 Å². The number of piperazine rings is 1. The molecule has 0 atom stereocenters. The fourth-order valence-corrected chi connectivity index (χ4v) is 2.59. The van der Waals surface area contributed by atoms with Gasteiger partial charge in [-0.1, -0.05) is 30.3 Å². The molecule has 0 amide bonds. The maximum Gasteiger partial charge on any atom is 0.103 e. The number of hydrogen-bond donors (Lipinski definition) is 1. The zero-order valence-corrected chi connectivity index (χ0v) is 12.2. The lowest BCUT2D eigenvalue weighted by molar-refractivity contribution is -0.918. The number of hydrogen-bond acceptors (Lipinski definition) is 3. The van der Waals surface area contributed by atoms with Crippen LogP contribution in [0.15, 0.2) is 60.0 Å². The first kappa shape index (κ1) is 13.8. The van der Waals surface area contributed by atoms with Gasteiger partial charge in [-0.2, -0.15) is 5.10 Å². The van der Waals surface area contributed by atoms with E-state index in [0.29, 0.717) is 0 Å². The van der Waals surface area contributed by atoms with E-state index in [9.17, 15) is 0 Å². The Kier molecular flexibility index (Phi) is 4.59. The van der Waals surface area contributed by atoms with Crippen LogP contribution in [0, 0.1) is 0 Å². The Labute approximate surface area is 125 Å². The lowest BCUT2D eigenvalue weighted by atomic mass is 10.2. The minimum absolute atomic E-state index is 1.02. The SMILES string of the molecule is C(=NN1CC[NH+](Cc2ccccc2)CC1)c1ccncc1. The van der Waals surface area contributed by atoms with Crippen LogP contribution >= 0.6 is 0 Å². The summed E-state index contributed by atoms with van der Waals surface area (Å²) in [6.45, 7) is 5.43. The van der Waals surface area contributed by atoms with Gasteiger partial charge in [-0.05, 0) is 17.7 Å². The van der Waals surface area contributed by atoms with Crippen LogP contribution in [0.1, 0.15) is 11.1 Å². The molecule has 0 saturated carbocycles. The second kappa shape index (κ2) is 6.99. The fourth-order valence-electron chi connectivity index (χ4n) is 2.59. The third-order valence-electron chi connectivity index (χ3n) is 3.82. The van der Waals surface area contributed by atoms with E-state index in [4.69, 9.17) is 0 Å². The molecule has 0 radical (unpaired) electrons. The number of quaternary nitrogens is 1. The second-order valence-electron chi connectivity index (χ2n) is 5.39. The molecular weight excluding hydrogens is 260 g/mol. The lowest BCUT2D eigenvalue weighted by Gasteiger charge is -2.30. The molecule has 1 fully saturated rings. The Morgan fingerprint density at radius 1 is 1.05 bits per heavy atom. The zero-order valence-electron chi connectivity index (χ0n) is 12.2. The van der Waals surface area contributed by atoms with E-state index >= 15 is 0 Å². The Morgan fingerprint density at radius 3 is 2.48 bits per heavy atom. The second-order valence-corrected chi connectivity index (χ2v) is 5.39. The minimum Gasteiger partial charge on any atom is -0.328 e. The zero-order chi connectivity index (χ0) is 14.3. The number of aromatic nitrogens is 1. The van der Waals surface area contributed by atoms with Crippen LogP contribution in [0.3, 0.4) is 0 Å². The van der Waals surface area contributed by atoms with Crippen molar-refractivity contribution in [3.05, 3.63) is 66.0 Å². The van der Waals surface area contributed by atoms with Gasteiger partial charge in [0.15, 0.2) is 0 Å². The van der Waals surface area contributed by atoms with Gasteiger partial charge in [0.2, 0.25) is 0 Å². The predicted octanol–water partition coefficient (Wildman–Crippen LogP) is 0.816. The fraction of sp³-hybridized carbons (Fsp3) is 0.294. The van der Waals surface area contributed by atoms with Gasteiger partial charge in [0.25, 0.3) is 0 Å². The van der Waals surface area contributed by atoms with Crippen molar-refractivity contribution >= 4 is 6.21 Å². The highest BCUT2D eigenvalue weighted by Gasteiger charge is 2.18. The normalized spacial score (nSPS) is 16.5. The van der Waals surface area contributed by atoms with Gasteiger partial charge in [-0.25, -0.2) is 0 Å². The van der Waals surface area contributed by atoms with E-state index in [2.05, 4.69) is 45.4 Å². The van der Waals surface area contributed by atoms with Crippen LogP contribution in [-0.4, -0.2) is 42.4 Å². The molecule has 2 heterocycles. The van der Waals surface area contributed by atoms with E-state index in [0.717, 1.165) is 38.3 Å². The first-order valence-corrected chi connectivity index (χ1v) is 7.46. The molecular formula is C17H21N4+. The van der Waals surface area contributed by atoms with Crippen molar-refractivity contribution < 1.29 is 4.90 Å². The Morgan fingerprint density at radius 2 is 1.76 bits per heavy atom. The predicted molar refractivity (Wildman–Crippen MR) is 84.2 cm³/mol. The van der Waals surface area contributed by atoms with Crippen LogP contribution in [0.4, 0.5) is 0 Å². The van der Waals surface area contributed by atoms with Crippen molar-refractivity contribution in [1.29, 1.82) is 0 Å². The van der Waals surface area contributed by atoms with Crippen molar-refractivity contribution in [3.63, 3.8) is 0 Å². The molecule has 0 unspecified atom stereocenters. The average Bonchev–Trinajstić information content (AvgIpc) is 2.56. The van der Waals surface area contributed by atoms with Gasteiger partial charge >= 0.3 is 0 Å². The van der Waals surface area contributed by atoms with E-state index in [-0.39, 0.29) is 0 Å². The highest BCUT2D eigenvalue weighted by molar-refractivity contribution is 5.78. The topological polar surface area (TPSA) is 32.9 Å². The molecule has 1 aromatic carbocycles. The van der Waals surface area contributed by atoms with E-state index < -0.39 is 0 Å². The smallest absolute Gasteiger partial charge is 0.103 e. The number of rotatable bonds is 4. The summed E-state index contributed by atoms with van der Waals surface area (Å²) in [7, 11) is 0. The number of nitrogens with zero attached hydrogens (tertiary/aromatic N) is 3. The van der Waals surface area contributed by atoms with Gasteiger partial charge in [-0.15, -0.1) is 0 Å². The minimum atomic E-state index is 1.02. The molecule has 4 heteroatoms. The largest absolute Gasteiger partial charge is 0.328 e. The number of hydrazone groups is 1. The summed E-state index contributed by atoms with van der Waals surface area (Å²) < 4.78 is 0. The van der Waals surface area contributed by atoms with Crippen molar-refractivity contribution in [2.75, 3.05) is 26.2 Å². The van der Waals surface area contributed by atoms with Crippen LogP contribution < -0.4 is 4.90 Å². The highest BCUT2D eigenvalue weighted by atomic mass is 15.5. The molecule has 1 aliphatic heterocycles. The van der Waals surface area contributed by atoms with Gasteiger partial charge in [-0.3, -0.25) is 9.99 Å². The highest BCUT2D eigenvalue weighted by Crippen LogP contribution is 1.98. The summed E-state index contributed by atoms with van der Waals surface area (Å²) in [6.07, 6.45) is 5.51. The van der Waals surface area contributed by atoms with Crippen LogP contribution in [0.25, 0.3) is 0 Å². The molecule has 0 bridgehead atoms. The van der Waals surface area contributed by atoms with Gasteiger partial charge < -0.3 is 4.90 Å². The van der Waals surface area contributed by atoms with Crippen molar-refractivity contribution in [2.45, 2.75) is 6.54 Å². The quantitative estimate of drug-likeness (QED) is 0.842. The standard InChI is InChI=1S/C17H20N4/c1-2-4-17(5-3-1)15-20-10-12-21(13-11-20)19-14-16-6-8-18-9-7-16/h1-9,14H,10-13,15H2/p+1. The van der Waals surface area contributed by atoms with E-state index in [1.807, 2.05) is 18.3 Å². The first-order valence-electron chi connectivity index (χ1n) is 7.46. The molecule has 108 valence electrons. The third kappa shape index (κ3) is 4.13. The molecule has 4 nitrogen and oxygen atoms in total. The number of benzene rings is 1. The van der Waals surface area contributed by atoms with E-state index in [1.54, 1.807) is 17.3 Å². The third-order valence-corrected chi connectivity index (χ3v) is 3.82. The molecule has 1 saturated heterocycles. The monoisotopic (exact) mass is 281 g/mol. The maximum atomic E-state index is 4.56. The number of pyridine rings is 1.